The van der Waals surface area contributed by atoms with Gasteiger partial charge in [-0.1, -0.05) is 44.2 Å². The first-order valence-electron chi connectivity index (χ1n) is 9.63. The molecule has 0 saturated carbocycles. The van der Waals surface area contributed by atoms with E-state index in [2.05, 4.69) is 29.1 Å². The Morgan fingerprint density at radius 2 is 1.90 bits per heavy atom. The van der Waals surface area contributed by atoms with Gasteiger partial charge in [0.2, 0.25) is 0 Å². The summed E-state index contributed by atoms with van der Waals surface area (Å²) in [6.07, 6.45) is 1.37. The van der Waals surface area contributed by atoms with E-state index in [4.69, 9.17) is 4.74 Å². The summed E-state index contributed by atoms with van der Waals surface area (Å²) in [7, 11) is 1.61. The van der Waals surface area contributed by atoms with Crippen molar-refractivity contribution in [1.29, 1.82) is 0 Å². The molecule has 3 aromatic rings. The van der Waals surface area contributed by atoms with Gasteiger partial charge in [-0.2, -0.15) is 0 Å². The molecule has 2 N–H and O–H groups in total. The van der Waals surface area contributed by atoms with Gasteiger partial charge in [-0.05, 0) is 41.7 Å². The number of nitrogens with zero attached hydrogens (tertiary/aromatic N) is 1. The Kier molecular flexibility index (Phi) is 6.44. The largest absolute Gasteiger partial charge is 0.497 e. The van der Waals surface area contributed by atoms with Gasteiger partial charge in [0, 0.05) is 18.2 Å². The molecular formula is C23H25N3O3. The van der Waals surface area contributed by atoms with Crippen LogP contribution in [0.5, 0.6) is 5.75 Å². The van der Waals surface area contributed by atoms with Gasteiger partial charge in [-0.3, -0.25) is 9.59 Å². The fourth-order valence-electron chi connectivity index (χ4n) is 3.09. The van der Waals surface area contributed by atoms with Crippen molar-refractivity contribution < 1.29 is 9.53 Å². The normalized spacial score (nSPS) is 11.7. The molecule has 6 nitrogen and oxygen atoms in total. The van der Waals surface area contributed by atoms with Crippen LogP contribution in [-0.2, 0) is 6.42 Å². The molecule has 0 aliphatic heterocycles. The van der Waals surface area contributed by atoms with Gasteiger partial charge >= 0.3 is 0 Å². The van der Waals surface area contributed by atoms with Crippen molar-refractivity contribution >= 4 is 11.6 Å². The molecule has 6 heteroatoms. The highest BCUT2D eigenvalue weighted by Crippen LogP contribution is 2.26. The lowest BCUT2D eigenvalue weighted by Gasteiger charge is -2.15. The topological polar surface area (TPSA) is 84.1 Å². The van der Waals surface area contributed by atoms with Crippen molar-refractivity contribution in [3.63, 3.8) is 0 Å². The molecule has 0 saturated heterocycles. The van der Waals surface area contributed by atoms with E-state index in [1.165, 1.54) is 6.07 Å². The SMILES string of the molecule is CCC(C)c1ccccc1NC(=O)c1cc(=O)[nH]c(Cc2ccc(OC)cc2)n1. The maximum atomic E-state index is 12.8. The molecule has 1 atom stereocenters. The summed E-state index contributed by atoms with van der Waals surface area (Å²) in [6.45, 7) is 4.22. The number of hydrogen-bond donors (Lipinski definition) is 2. The number of amides is 1. The monoisotopic (exact) mass is 391 g/mol. The Labute approximate surface area is 170 Å². The summed E-state index contributed by atoms with van der Waals surface area (Å²) in [5.74, 6) is 1.10. The second kappa shape index (κ2) is 9.19. The number of benzene rings is 2. The van der Waals surface area contributed by atoms with Crippen molar-refractivity contribution in [2.24, 2.45) is 0 Å². The second-order valence-corrected chi connectivity index (χ2v) is 6.95. The molecule has 1 heterocycles. The van der Waals surface area contributed by atoms with E-state index in [-0.39, 0.29) is 11.3 Å². The molecule has 0 radical (unpaired) electrons. The molecule has 2 aromatic carbocycles. The van der Waals surface area contributed by atoms with E-state index in [0.29, 0.717) is 18.2 Å². The van der Waals surface area contributed by atoms with E-state index in [1.807, 2.05) is 48.5 Å². The van der Waals surface area contributed by atoms with Gasteiger partial charge in [0.25, 0.3) is 11.5 Å². The number of methoxy groups -OCH3 is 1. The Hall–Kier alpha value is -3.41. The quantitative estimate of drug-likeness (QED) is 0.634. The number of para-hydroxylation sites is 1. The summed E-state index contributed by atoms with van der Waals surface area (Å²) in [5, 5.41) is 2.90. The Balaban J connectivity index is 1.82. The number of carbonyl (C=O) groups is 1. The maximum Gasteiger partial charge on any atom is 0.274 e. The number of aromatic nitrogens is 2. The van der Waals surface area contributed by atoms with E-state index in [9.17, 15) is 9.59 Å². The highest BCUT2D eigenvalue weighted by molar-refractivity contribution is 6.03. The van der Waals surface area contributed by atoms with Crippen molar-refractivity contribution in [3.05, 3.63) is 87.6 Å². The number of rotatable bonds is 7. The molecule has 150 valence electrons. The molecule has 0 spiro atoms. The van der Waals surface area contributed by atoms with Crippen LogP contribution in [0.3, 0.4) is 0 Å². The molecule has 1 aromatic heterocycles. The highest BCUT2D eigenvalue weighted by atomic mass is 16.5. The molecule has 0 fully saturated rings. The Morgan fingerprint density at radius 3 is 2.59 bits per heavy atom. The van der Waals surface area contributed by atoms with Crippen molar-refractivity contribution in [1.82, 2.24) is 9.97 Å². The summed E-state index contributed by atoms with van der Waals surface area (Å²) in [6, 6.07) is 16.4. The first-order chi connectivity index (χ1) is 14.0. The average molecular weight is 391 g/mol. The van der Waals surface area contributed by atoms with Crippen LogP contribution >= 0.6 is 0 Å². The van der Waals surface area contributed by atoms with Crippen LogP contribution in [0.25, 0.3) is 0 Å². The van der Waals surface area contributed by atoms with Crippen LogP contribution in [0.4, 0.5) is 5.69 Å². The number of nitrogens with one attached hydrogen (secondary N) is 2. The molecule has 0 aliphatic carbocycles. The Morgan fingerprint density at radius 1 is 1.17 bits per heavy atom. The van der Waals surface area contributed by atoms with E-state index >= 15 is 0 Å². The fourth-order valence-corrected chi connectivity index (χ4v) is 3.09. The van der Waals surface area contributed by atoms with Crippen LogP contribution in [0, 0.1) is 0 Å². The predicted octanol–water partition coefficient (Wildman–Crippen LogP) is 4.14. The molecular weight excluding hydrogens is 366 g/mol. The van der Waals surface area contributed by atoms with Crippen molar-refractivity contribution in [2.45, 2.75) is 32.6 Å². The minimum Gasteiger partial charge on any atom is -0.497 e. The van der Waals surface area contributed by atoms with Crippen molar-refractivity contribution in [3.8, 4) is 5.75 Å². The van der Waals surface area contributed by atoms with Crippen LogP contribution < -0.4 is 15.6 Å². The van der Waals surface area contributed by atoms with Gasteiger partial charge in [0.05, 0.1) is 7.11 Å². The average Bonchev–Trinajstić information content (AvgIpc) is 2.73. The Bertz CT molecular complexity index is 1040. The van der Waals surface area contributed by atoms with Gasteiger partial charge in [0.15, 0.2) is 0 Å². The smallest absolute Gasteiger partial charge is 0.274 e. The zero-order valence-electron chi connectivity index (χ0n) is 16.9. The van der Waals surface area contributed by atoms with Gasteiger partial charge in [-0.15, -0.1) is 0 Å². The van der Waals surface area contributed by atoms with E-state index in [0.717, 1.165) is 29.0 Å². The zero-order chi connectivity index (χ0) is 20.8. The van der Waals surface area contributed by atoms with Crippen LogP contribution in [0.1, 0.15) is 53.6 Å². The predicted molar refractivity (Wildman–Crippen MR) is 114 cm³/mol. The van der Waals surface area contributed by atoms with E-state index in [1.54, 1.807) is 7.11 Å². The second-order valence-electron chi connectivity index (χ2n) is 6.95. The lowest BCUT2D eigenvalue weighted by molar-refractivity contribution is 0.102. The van der Waals surface area contributed by atoms with Gasteiger partial charge < -0.3 is 15.0 Å². The maximum absolute atomic E-state index is 12.8. The van der Waals surface area contributed by atoms with Gasteiger partial charge in [0.1, 0.15) is 17.3 Å². The lowest BCUT2D eigenvalue weighted by atomic mass is 9.97. The molecule has 0 bridgehead atoms. The summed E-state index contributed by atoms with van der Waals surface area (Å²) < 4.78 is 5.15. The summed E-state index contributed by atoms with van der Waals surface area (Å²) in [5.41, 5.74) is 2.49. The number of hydrogen-bond acceptors (Lipinski definition) is 4. The first kappa shape index (κ1) is 20.3. The lowest BCUT2D eigenvalue weighted by Crippen LogP contribution is -2.21. The van der Waals surface area contributed by atoms with Crippen LogP contribution in [-0.4, -0.2) is 23.0 Å². The molecule has 3 rings (SSSR count). The fraction of sp³-hybridized carbons (Fsp3) is 0.261. The van der Waals surface area contributed by atoms with Crippen LogP contribution in [0.15, 0.2) is 59.4 Å². The standard InChI is InChI=1S/C23H25N3O3/c1-4-15(2)18-7-5-6-8-19(18)25-23(28)20-14-22(27)26-21(24-20)13-16-9-11-17(29-3)12-10-16/h5-12,14-15H,4,13H2,1-3H3,(H,25,28)(H,24,26,27). The minimum atomic E-state index is -0.400. The zero-order valence-corrected chi connectivity index (χ0v) is 16.9. The number of ether oxygens (including phenoxy) is 1. The minimum absolute atomic E-state index is 0.0937. The van der Waals surface area contributed by atoms with Gasteiger partial charge in [-0.25, -0.2) is 4.98 Å². The number of H-pyrrole nitrogens is 1. The van der Waals surface area contributed by atoms with Crippen molar-refractivity contribution in [2.75, 3.05) is 12.4 Å². The number of carbonyl (C=O) groups excluding carboxylic acids is 1. The molecule has 0 aliphatic rings. The highest BCUT2D eigenvalue weighted by Gasteiger charge is 2.15. The summed E-state index contributed by atoms with van der Waals surface area (Å²) in [4.78, 5) is 31.9. The third-order valence-electron chi connectivity index (χ3n) is 4.91. The molecule has 1 amide bonds. The third-order valence-corrected chi connectivity index (χ3v) is 4.91. The molecule has 1 unspecified atom stereocenters. The van der Waals surface area contributed by atoms with Crippen LogP contribution in [0.2, 0.25) is 0 Å². The van der Waals surface area contributed by atoms with E-state index < -0.39 is 5.91 Å². The first-order valence-corrected chi connectivity index (χ1v) is 9.63. The number of anilines is 1. The molecule has 29 heavy (non-hydrogen) atoms. The number of aromatic amines is 1. The third kappa shape index (κ3) is 5.10. The summed E-state index contributed by atoms with van der Waals surface area (Å²) >= 11 is 0.